The number of rotatable bonds is 2. The molecule has 0 spiro atoms. The summed E-state index contributed by atoms with van der Waals surface area (Å²) in [5.74, 6) is 1.71. The fraction of sp³-hybridized carbons (Fsp3) is 0.109. The summed E-state index contributed by atoms with van der Waals surface area (Å²) in [5.41, 5.74) is 15.1. The van der Waals surface area contributed by atoms with E-state index in [-0.39, 0.29) is 17.1 Å². The second kappa shape index (κ2) is 14.9. The van der Waals surface area contributed by atoms with Gasteiger partial charge in [-0.2, -0.15) is 0 Å². The van der Waals surface area contributed by atoms with Crippen LogP contribution in [-0.2, 0) is 23.5 Å². The second-order valence-electron chi connectivity index (χ2n) is 13.4. The first kappa shape index (κ1) is 34.8. The van der Waals surface area contributed by atoms with E-state index in [0.29, 0.717) is 0 Å². The summed E-state index contributed by atoms with van der Waals surface area (Å²) in [6, 6.07) is 46.8. The molecule has 6 aromatic carbocycles. The Labute approximate surface area is 316 Å². The average molecular weight is 725 g/mol. The van der Waals surface area contributed by atoms with Gasteiger partial charge in [0.2, 0.25) is 0 Å². The van der Waals surface area contributed by atoms with E-state index in [0.717, 1.165) is 40.5 Å². The van der Waals surface area contributed by atoms with Crippen molar-refractivity contribution in [1.29, 1.82) is 0 Å². The molecule has 0 saturated heterocycles. The molecule has 52 heavy (non-hydrogen) atoms. The topological polar surface area (TPSA) is 46.4 Å². The Hall–Kier alpha value is -5.68. The molecule has 0 amide bonds. The Balaban J connectivity index is 0.000000131. The van der Waals surface area contributed by atoms with Gasteiger partial charge in [-0.15, -0.1) is 17.7 Å². The molecular formula is C46H39CuN5. The predicted molar refractivity (Wildman–Crippen MR) is 212 cm³/mol. The molecule has 3 heterocycles. The van der Waals surface area contributed by atoms with Crippen LogP contribution in [0.4, 0.5) is 23.0 Å². The monoisotopic (exact) mass is 724 g/mol. The first-order valence-corrected chi connectivity index (χ1v) is 17.4. The normalized spacial score (nSPS) is 12.2. The molecule has 0 unspecified atom stereocenters. The SMILES string of the molecule is Cc1cc(C)cc(N2[CH-]N(c3cc(C)cc(C)c3)c3nccnc32)c1.[Cu+2].c1ccc2c(c1)Cc1ccccc1-2.c1ccc2c(c1)[n-]c1ccccc12. The van der Waals surface area contributed by atoms with Crippen LogP contribution in [0.3, 0.4) is 0 Å². The van der Waals surface area contributed by atoms with E-state index in [9.17, 15) is 0 Å². The van der Waals surface area contributed by atoms with Gasteiger partial charge in [-0.05, 0) is 114 Å². The van der Waals surface area contributed by atoms with Gasteiger partial charge in [0.15, 0.2) is 0 Å². The predicted octanol–water partition coefficient (Wildman–Crippen LogP) is 11.3. The van der Waals surface area contributed by atoms with Crippen molar-refractivity contribution in [2.24, 2.45) is 0 Å². The van der Waals surface area contributed by atoms with Crippen LogP contribution in [0.15, 0.2) is 146 Å². The summed E-state index contributed by atoms with van der Waals surface area (Å²) in [5, 5.41) is 2.50. The minimum atomic E-state index is 0. The minimum absolute atomic E-state index is 0. The zero-order valence-electron chi connectivity index (χ0n) is 29.7. The third-order valence-corrected chi connectivity index (χ3v) is 9.36. The number of aromatic nitrogens is 3. The van der Waals surface area contributed by atoms with Crippen LogP contribution in [0.2, 0.25) is 0 Å². The van der Waals surface area contributed by atoms with Crippen LogP contribution >= 0.6 is 0 Å². The van der Waals surface area contributed by atoms with E-state index in [2.05, 4.69) is 180 Å². The van der Waals surface area contributed by atoms with Gasteiger partial charge in [0.1, 0.15) is 11.6 Å². The Morgan fingerprint density at radius 3 is 1.33 bits per heavy atom. The number of aryl methyl sites for hydroxylation is 4. The van der Waals surface area contributed by atoms with Crippen LogP contribution in [-0.4, -0.2) is 9.97 Å². The van der Waals surface area contributed by atoms with Crippen LogP contribution in [0.5, 0.6) is 0 Å². The maximum absolute atomic E-state index is 4.59. The molecule has 2 aromatic heterocycles. The van der Waals surface area contributed by atoms with Crippen molar-refractivity contribution in [2.75, 3.05) is 9.80 Å². The summed E-state index contributed by atoms with van der Waals surface area (Å²) >= 11 is 0. The van der Waals surface area contributed by atoms with E-state index >= 15 is 0 Å². The van der Waals surface area contributed by atoms with Gasteiger partial charge in [-0.3, -0.25) is 0 Å². The molecule has 259 valence electrons. The Morgan fingerprint density at radius 1 is 0.500 bits per heavy atom. The number of nitrogens with zero attached hydrogens (tertiary/aromatic N) is 5. The average Bonchev–Trinajstić information content (AvgIpc) is 3.83. The van der Waals surface area contributed by atoms with Gasteiger partial charge < -0.3 is 14.8 Å². The molecule has 0 N–H and O–H groups in total. The number of anilines is 4. The van der Waals surface area contributed by atoms with E-state index in [1.54, 1.807) is 12.4 Å². The molecule has 1 aliphatic carbocycles. The van der Waals surface area contributed by atoms with Crippen molar-refractivity contribution in [1.82, 2.24) is 15.0 Å². The van der Waals surface area contributed by atoms with Gasteiger partial charge in [0.25, 0.3) is 0 Å². The number of benzene rings is 6. The van der Waals surface area contributed by atoms with Crippen molar-refractivity contribution >= 4 is 44.8 Å². The summed E-state index contributed by atoms with van der Waals surface area (Å²) < 4.78 is 0. The molecule has 0 saturated carbocycles. The molecule has 0 bridgehead atoms. The number of hydrogen-bond donors (Lipinski definition) is 0. The largest absolute Gasteiger partial charge is 2.00 e. The van der Waals surface area contributed by atoms with Gasteiger partial charge in [-0.1, -0.05) is 109 Å². The molecule has 8 aromatic rings. The fourth-order valence-electron chi connectivity index (χ4n) is 7.25. The fourth-order valence-corrected chi connectivity index (χ4v) is 7.25. The summed E-state index contributed by atoms with van der Waals surface area (Å²) in [7, 11) is 0. The molecule has 1 radical (unpaired) electrons. The summed E-state index contributed by atoms with van der Waals surface area (Å²) in [4.78, 5) is 17.9. The molecule has 0 atom stereocenters. The minimum Gasteiger partial charge on any atom is -0.657 e. The van der Waals surface area contributed by atoms with Gasteiger partial charge in [0.05, 0.1) is 0 Å². The van der Waals surface area contributed by atoms with Gasteiger partial charge >= 0.3 is 17.1 Å². The number of para-hydroxylation sites is 2. The zero-order chi connectivity index (χ0) is 34.9. The summed E-state index contributed by atoms with van der Waals surface area (Å²) in [6.07, 6.45) is 4.59. The molecule has 1 aliphatic heterocycles. The van der Waals surface area contributed by atoms with E-state index < -0.39 is 0 Å². The van der Waals surface area contributed by atoms with Crippen LogP contribution in [0.25, 0.3) is 32.9 Å². The second-order valence-corrected chi connectivity index (χ2v) is 13.4. The third-order valence-electron chi connectivity index (χ3n) is 9.36. The molecular weight excluding hydrogens is 686 g/mol. The van der Waals surface area contributed by atoms with E-state index in [1.165, 1.54) is 55.3 Å². The first-order chi connectivity index (χ1) is 24.9. The first-order valence-electron chi connectivity index (χ1n) is 17.4. The van der Waals surface area contributed by atoms with Crippen molar-refractivity contribution < 1.29 is 17.1 Å². The zero-order valence-corrected chi connectivity index (χ0v) is 30.6. The van der Waals surface area contributed by atoms with Crippen molar-refractivity contribution in [3.05, 3.63) is 186 Å². The van der Waals surface area contributed by atoms with E-state index in [1.807, 2.05) is 12.1 Å². The van der Waals surface area contributed by atoms with Crippen LogP contribution < -0.4 is 14.8 Å². The van der Waals surface area contributed by atoms with Gasteiger partial charge in [0, 0.05) is 23.8 Å². The Kier molecular flexibility index (Phi) is 9.95. The van der Waals surface area contributed by atoms with Gasteiger partial charge in [-0.25, -0.2) is 9.97 Å². The Bertz CT molecular complexity index is 2310. The standard InChI is InChI=1S/C21H21N4.C13H10.C12H8N.Cu/c1-14-7-15(2)10-18(9-14)24-13-25(21-20(24)22-5-6-23-21)19-11-16(3)8-17(4)12-19;1-3-7-12-10(5-1)9-11-6-2-4-8-13(11)12;1-3-7-11-9(5-1)10-6-2-4-8-12(10)13-11;/h5-13H,1-4H3;1-8H,9H2;1-8H;/q-1;;-1;+2. The van der Waals surface area contributed by atoms with E-state index in [4.69, 9.17) is 0 Å². The summed E-state index contributed by atoms with van der Waals surface area (Å²) in [6.45, 7) is 10.5. The quantitative estimate of drug-likeness (QED) is 0.131. The number of hydrogen-bond acceptors (Lipinski definition) is 4. The maximum atomic E-state index is 4.59. The molecule has 5 nitrogen and oxygen atoms in total. The maximum Gasteiger partial charge on any atom is 2.00 e. The molecule has 0 fully saturated rings. The van der Waals surface area contributed by atoms with Crippen LogP contribution in [0.1, 0.15) is 33.4 Å². The molecule has 6 heteroatoms. The van der Waals surface area contributed by atoms with Crippen LogP contribution in [0, 0.1) is 34.4 Å². The Morgan fingerprint density at radius 2 is 0.885 bits per heavy atom. The third kappa shape index (κ3) is 6.96. The van der Waals surface area contributed by atoms with Crippen molar-refractivity contribution in [2.45, 2.75) is 34.1 Å². The number of fused-ring (bicyclic) bond motifs is 7. The molecule has 10 rings (SSSR count). The smallest absolute Gasteiger partial charge is 0.657 e. The molecule has 2 aliphatic rings. The van der Waals surface area contributed by atoms with Crippen molar-refractivity contribution in [3.8, 4) is 11.1 Å². The van der Waals surface area contributed by atoms with Crippen molar-refractivity contribution in [3.63, 3.8) is 0 Å².